The Morgan fingerprint density at radius 1 is 1.47 bits per heavy atom. The SMILES string of the molecule is CC1(Nc2nc3ccc(N)cc3s2)CCS(=O)(=O)C1. The fraction of sp³-hybridized carbons (Fsp3) is 0.417. The van der Waals surface area contributed by atoms with Gasteiger partial charge in [0.2, 0.25) is 0 Å². The maximum atomic E-state index is 11.6. The first-order valence-corrected chi connectivity index (χ1v) is 8.64. The lowest BCUT2D eigenvalue weighted by molar-refractivity contribution is 0.574. The molecule has 1 aliphatic rings. The van der Waals surface area contributed by atoms with Crippen LogP contribution < -0.4 is 11.1 Å². The van der Waals surface area contributed by atoms with Gasteiger partial charge in [-0.1, -0.05) is 11.3 Å². The Morgan fingerprint density at radius 2 is 2.26 bits per heavy atom. The van der Waals surface area contributed by atoms with Crippen molar-refractivity contribution >= 4 is 42.2 Å². The Morgan fingerprint density at radius 3 is 2.95 bits per heavy atom. The van der Waals surface area contributed by atoms with Crippen molar-refractivity contribution in [2.75, 3.05) is 22.6 Å². The van der Waals surface area contributed by atoms with Crippen molar-refractivity contribution in [3.05, 3.63) is 18.2 Å². The molecule has 0 saturated carbocycles. The summed E-state index contributed by atoms with van der Waals surface area (Å²) in [4.78, 5) is 4.47. The minimum atomic E-state index is -2.92. The van der Waals surface area contributed by atoms with Gasteiger partial charge in [-0.15, -0.1) is 0 Å². The first kappa shape index (κ1) is 12.7. The molecule has 5 nitrogen and oxygen atoms in total. The van der Waals surface area contributed by atoms with Crippen LogP contribution in [0.25, 0.3) is 10.2 Å². The molecular weight excluding hydrogens is 282 g/mol. The highest BCUT2D eigenvalue weighted by atomic mass is 32.2. The predicted octanol–water partition coefficient (Wildman–Crippen LogP) is 1.87. The Balaban J connectivity index is 1.90. The van der Waals surface area contributed by atoms with Gasteiger partial charge < -0.3 is 11.1 Å². The van der Waals surface area contributed by atoms with E-state index in [2.05, 4.69) is 10.3 Å². The predicted molar refractivity (Wildman–Crippen MR) is 79.3 cm³/mol. The summed E-state index contributed by atoms with van der Waals surface area (Å²) in [5, 5.41) is 4.02. The van der Waals surface area contributed by atoms with Gasteiger partial charge in [-0.05, 0) is 31.5 Å². The highest BCUT2D eigenvalue weighted by Crippen LogP contribution is 2.32. The number of benzene rings is 1. The smallest absolute Gasteiger partial charge is 0.184 e. The third kappa shape index (κ3) is 2.52. The van der Waals surface area contributed by atoms with Gasteiger partial charge in [0.15, 0.2) is 15.0 Å². The minimum Gasteiger partial charge on any atom is -0.399 e. The molecule has 19 heavy (non-hydrogen) atoms. The number of aromatic nitrogens is 1. The summed E-state index contributed by atoms with van der Waals surface area (Å²) in [5.74, 6) is 0.409. The van der Waals surface area contributed by atoms with Gasteiger partial charge in [0, 0.05) is 5.69 Å². The molecule has 1 fully saturated rings. The molecule has 0 radical (unpaired) electrons. The van der Waals surface area contributed by atoms with Gasteiger partial charge in [0.1, 0.15) is 0 Å². The maximum absolute atomic E-state index is 11.6. The van der Waals surface area contributed by atoms with E-state index in [4.69, 9.17) is 5.73 Å². The normalized spacial score (nSPS) is 25.7. The molecule has 0 spiro atoms. The van der Waals surface area contributed by atoms with Crippen LogP contribution in [0.2, 0.25) is 0 Å². The lowest BCUT2D eigenvalue weighted by Gasteiger charge is -2.23. The molecule has 3 rings (SSSR count). The van der Waals surface area contributed by atoms with Crippen LogP contribution in [0.1, 0.15) is 13.3 Å². The maximum Gasteiger partial charge on any atom is 0.184 e. The number of nitrogens with two attached hydrogens (primary N) is 1. The second-order valence-electron chi connectivity index (χ2n) is 5.27. The fourth-order valence-corrected chi connectivity index (χ4v) is 5.52. The van der Waals surface area contributed by atoms with Crippen LogP contribution in [0.5, 0.6) is 0 Å². The summed E-state index contributed by atoms with van der Waals surface area (Å²) in [6, 6.07) is 5.57. The number of anilines is 2. The zero-order valence-corrected chi connectivity index (χ0v) is 12.1. The summed E-state index contributed by atoms with van der Waals surface area (Å²) in [5.41, 5.74) is 6.91. The monoisotopic (exact) mass is 297 g/mol. The number of nitrogen functional groups attached to an aromatic ring is 1. The fourth-order valence-electron chi connectivity index (χ4n) is 2.36. The molecule has 1 atom stereocenters. The van der Waals surface area contributed by atoms with Crippen molar-refractivity contribution in [2.45, 2.75) is 18.9 Å². The van der Waals surface area contributed by atoms with Crippen molar-refractivity contribution < 1.29 is 8.42 Å². The Labute approximate surface area is 115 Å². The van der Waals surface area contributed by atoms with E-state index >= 15 is 0 Å². The van der Waals surface area contributed by atoms with Crippen LogP contribution in [0.4, 0.5) is 10.8 Å². The van der Waals surface area contributed by atoms with E-state index in [-0.39, 0.29) is 11.5 Å². The van der Waals surface area contributed by atoms with E-state index in [1.165, 1.54) is 11.3 Å². The Bertz CT molecular complexity index is 739. The Hall–Kier alpha value is -1.34. The number of hydrogen-bond acceptors (Lipinski definition) is 6. The van der Waals surface area contributed by atoms with E-state index in [0.29, 0.717) is 12.1 Å². The summed E-state index contributed by atoms with van der Waals surface area (Å²) < 4.78 is 24.2. The van der Waals surface area contributed by atoms with Gasteiger partial charge in [0.05, 0.1) is 27.3 Å². The van der Waals surface area contributed by atoms with E-state index in [0.717, 1.165) is 15.3 Å². The number of rotatable bonds is 2. The highest BCUT2D eigenvalue weighted by molar-refractivity contribution is 7.91. The topological polar surface area (TPSA) is 85.1 Å². The lowest BCUT2D eigenvalue weighted by Crippen LogP contribution is -2.35. The van der Waals surface area contributed by atoms with Crippen LogP contribution >= 0.6 is 11.3 Å². The van der Waals surface area contributed by atoms with E-state index in [1.54, 1.807) is 0 Å². The minimum absolute atomic E-state index is 0.165. The van der Waals surface area contributed by atoms with Crippen molar-refractivity contribution in [2.24, 2.45) is 0 Å². The highest BCUT2D eigenvalue weighted by Gasteiger charge is 2.38. The van der Waals surface area contributed by atoms with Gasteiger partial charge in [-0.3, -0.25) is 0 Å². The van der Waals surface area contributed by atoms with E-state index in [1.807, 2.05) is 25.1 Å². The molecule has 2 aromatic rings. The van der Waals surface area contributed by atoms with Gasteiger partial charge in [0.25, 0.3) is 0 Å². The van der Waals surface area contributed by atoms with E-state index < -0.39 is 15.4 Å². The third-order valence-electron chi connectivity index (χ3n) is 3.32. The van der Waals surface area contributed by atoms with Crippen molar-refractivity contribution in [3.8, 4) is 0 Å². The van der Waals surface area contributed by atoms with Gasteiger partial charge >= 0.3 is 0 Å². The number of fused-ring (bicyclic) bond motifs is 1. The van der Waals surface area contributed by atoms with Crippen molar-refractivity contribution in [1.82, 2.24) is 4.98 Å². The molecular formula is C12H15N3O2S2. The molecule has 0 aliphatic carbocycles. The molecule has 3 N–H and O–H groups in total. The van der Waals surface area contributed by atoms with Crippen molar-refractivity contribution in [3.63, 3.8) is 0 Å². The number of nitrogens with zero attached hydrogens (tertiary/aromatic N) is 1. The van der Waals surface area contributed by atoms with E-state index in [9.17, 15) is 8.42 Å². The number of nitrogens with one attached hydrogen (secondary N) is 1. The molecule has 2 heterocycles. The second-order valence-corrected chi connectivity index (χ2v) is 8.49. The first-order chi connectivity index (χ1) is 8.85. The summed E-state index contributed by atoms with van der Waals surface area (Å²) in [6.07, 6.45) is 0.618. The molecule has 1 saturated heterocycles. The summed E-state index contributed by atoms with van der Waals surface area (Å²) >= 11 is 1.50. The molecule has 1 unspecified atom stereocenters. The largest absolute Gasteiger partial charge is 0.399 e. The number of thiazole rings is 1. The molecule has 1 aromatic heterocycles. The standard InChI is InChI=1S/C12H15N3O2S2/c1-12(4-5-19(16,17)7-12)15-11-14-9-3-2-8(13)6-10(9)18-11/h2-3,6H,4-5,7,13H2,1H3,(H,14,15). The summed E-state index contributed by atoms with van der Waals surface area (Å²) in [7, 11) is -2.92. The zero-order valence-electron chi connectivity index (χ0n) is 10.5. The van der Waals surface area contributed by atoms with Crippen LogP contribution in [0, 0.1) is 0 Å². The molecule has 1 aromatic carbocycles. The molecule has 102 valence electrons. The van der Waals surface area contributed by atoms with Crippen LogP contribution in [-0.4, -0.2) is 30.4 Å². The average Bonchev–Trinajstić information content (AvgIpc) is 2.78. The quantitative estimate of drug-likeness (QED) is 0.827. The van der Waals surface area contributed by atoms with Gasteiger partial charge in [-0.25, -0.2) is 13.4 Å². The molecule has 7 heteroatoms. The van der Waals surface area contributed by atoms with Crippen LogP contribution in [0.15, 0.2) is 18.2 Å². The van der Waals surface area contributed by atoms with Crippen LogP contribution in [0.3, 0.4) is 0 Å². The molecule has 0 amide bonds. The van der Waals surface area contributed by atoms with Gasteiger partial charge in [-0.2, -0.15) is 0 Å². The Kier molecular flexibility index (Phi) is 2.72. The third-order valence-corrected chi connectivity index (χ3v) is 6.16. The number of sulfone groups is 1. The van der Waals surface area contributed by atoms with Crippen LogP contribution in [-0.2, 0) is 9.84 Å². The molecule has 0 bridgehead atoms. The second kappa shape index (κ2) is 4.08. The van der Waals surface area contributed by atoms with Crippen molar-refractivity contribution in [1.29, 1.82) is 0 Å². The zero-order chi connectivity index (χ0) is 13.7. The first-order valence-electron chi connectivity index (χ1n) is 6.00. The lowest BCUT2D eigenvalue weighted by atomic mass is 10.0. The number of hydrogen-bond donors (Lipinski definition) is 2. The summed E-state index contributed by atoms with van der Waals surface area (Å²) in [6.45, 7) is 1.93. The average molecular weight is 297 g/mol. The molecule has 1 aliphatic heterocycles.